The fourth-order valence-corrected chi connectivity index (χ4v) is 2.85. The zero-order chi connectivity index (χ0) is 18.8. The van der Waals surface area contributed by atoms with E-state index in [0.717, 1.165) is 12.8 Å². The van der Waals surface area contributed by atoms with Crippen LogP contribution < -0.4 is 22.1 Å². The zero-order valence-electron chi connectivity index (χ0n) is 16.2. The van der Waals surface area contributed by atoms with Gasteiger partial charge >= 0.3 is 0 Å². The van der Waals surface area contributed by atoms with Crippen molar-refractivity contribution in [3.8, 4) is 0 Å². The van der Waals surface area contributed by atoms with Gasteiger partial charge in [-0.25, -0.2) is 0 Å². The Morgan fingerprint density at radius 1 is 0.720 bits per heavy atom. The van der Waals surface area contributed by atoms with E-state index in [-0.39, 0.29) is 11.8 Å². The minimum Gasteiger partial charge on any atom is -0.354 e. The second-order valence-corrected chi connectivity index (χ2v) is 6.68. The zero-order valence-corrected chi connectivity index (χ0v) is 16.2. The SMILES string of the molecule is CCCCCCCCCCCCC(C(=O)NCCN)C(=O)NCCN. The molecule has 0 aromatic carbocycles. The maximum atomic E-state index is 12.1. The molecule has 0 aliphatic carbocycles. The lowest BCUT2D eigenvalue weighted by molar-refractivity contribution is -0.135. The van der Waals surface area contributed by atoms with Gasteiger partial charge < -0.3 is 22.1 Å². The third-order valence-corrected chi connectivity index (χ3v) is 4.37. The molecule has 0 aliphatic heterocycles. The van der Waals surface area contributed by atoms with E-state index in [1.54, 1.807) is 0 Å². The Morgan fingerprint density at radius 2 is 1.12 bits per heavy atom. The first-order chi connectivity index (χ1) is 12.2. The fourth-order valence-electron chi connectivity index (χ4n) is 2.85. The van der Waals surface area contributed by atoms with Gasteiger partial charge in [0, 0.05) is 26.2 Å². The Labute approximate surface area is 153 Å². The van der Waals surface area contributed by atoms with E-state index in [1.807, 2.05) is 0 Å². The van der Waals surface area contributed by atoms with E-state index in [4.69, 9.17) is 11.5 Å². The smallest absolute Gasteiger partial charge is 0.232 e. The normalized spacial score (nSPS) is 10.9. The van der Waals surface area contributed by atoms with Crippen LogP contribution in [0.25, 0.3) is 0 Å². The molecule has 0 rings (SSSR count). The van der Waals surface area contributed by atoms with Crippen LogP contribution >= 0.6 is 0 Å². The molecule has 0 atom stereocenters. The third kappa shape index (κ3) is 13.8. The predicted octanol–water partition coefficient (Wildman–Crippen LogP) is 2.06. The van der Waals surface area contributed by atoms with E-state index in [9.17, 15) is 9.59 Å². The molecule has 2 amide bonds. The van der Waals surface area contributed by atoms with Crippen molar-refractivity contribution in [2.75, 3.05) is 26.2 Å². The summed E-state index contributed by atoms with van der Waals surface area (Å²) in [5.41, 5.74) is 10.8. The van der Waals surface area contributed by atoms with E-state index in [2.05, 4.69) is 17.6 Å². The Balaban J connectivity index is 3.93. The Bertz CT molecular complexity index is 317. The van der Waals surface area contributed by atoms with Gasteiger partial charge in [-0.2, -0.15) is 0 Å². The van der Waals surface area contributed by atoms with Gasteiger partial charge in [0.2, 0.25) is 11.8 Å². The molecule has 25 heavy (non-hydrogen) atoms. The average molecular weight is 357 g/mol. The number of amides is 2. The van der Waals surface area contributed by atoms with Crippen molar-refractivity contribution in [2.45, 2.75) is 77.6 Å². The molecule has 0 fully saturated rings. The molecule has 0 aromatic rings. The summed E-state index contributed by atoms with van der Waals surface area (Å²) in [4.78, 5) is 24.3. The minimum absolute atomic E-state index is 0.226. The molecule has 0 spiro atoms. The molecule has 6 nitrogen and oxygen atoms in total. The molecule has 148 valence electrons. The van der Waals surface area contributed by atoms with E-state index in [1.165, 1.54) is 51.4 Å². The van der Waals surface area contributed by atoms with Crippen LogP contribution in [0.5, 0.6) is 0 Å². The highest BCUT2D eigenvalue weighted by Crippen LogP contribution is 2.14. The summed E-state index contributed by atoms with van der Waals surface area (Å²) in [6.45, 7) is 3.79. The van der Waals surface area contributed by atoms with Crippen molar-refractivity contribution in [1.82, 2.24) is 10.6 Å². The number of carbonyl (C=O) groups is 2. The monoisotopic (exact) mass is 356 g/mol. The van der Waals surface area contributed by atoms with Crippen molar-refractivity contribution < 1.29 is 9.59 Å². The standard InChI is InChI=1S/C19H40N4O2/c1-2-3-4-5-6-7-8-9-10-11-12-17(18(24)22-15-13-20)19(25)23-16-14-21/h17H,2-16,20-21H2,1H3,(H,22,24)(H,23,25). The number of rotatable bonds is 17. The second-order valence-electron chi connectivity index (χ2n) is 6.68. The highest BCUT2D eigenvalue weighted by molar-refractivity contribution is 6.00. The van der Waals surface area contributed by atoms with Gasteiger partial charge in [0.15, 0.2) is 0 Å². The van der Waals surface area contributed by atoms with Gasteiger partial charge in [0.05, 0.1) is 0 Å². The van der Waals surface area contributed by atoms with E-state index >= 15 is 0 Å². The van der Waals surface area contributed by atoms with Gasteiger partial charge in [-0.05, 0) is 6.42 Å². The van der Waals surface area contributed by atoms with Gasteiger partial charge in [-0.15, -0.1) is 0 Å². The van der Waals surface area contributed by atoms with Crippen LogP contribution in [0.1, 0.15) is 77.6 Å². The number of carbonyl (C=O) groups excluding carboxylic acids is 2. The molecule has 0 saturated carbocycles. The summed E-state index contributed by atoms with van der Waals surface area (Å²) in [6.07, 6.45) is 12.9. The Hall–Kier alpha value is -1.14. The summed E-state index contributed by atoms with van der Waals surface area (Å²) in [5.74, 6) is -1.08. The third-order valence-electron chi connectivity index (χ3n) is 4.37. The maximum Gasteiger partial charge on any atom is 0.232 e. The van der Waals surface area contributed by atoms with Crippen LogP contribution in [0.2, 0.25) is 0 Å². The largest absolute Gasteiger partial charge is 0.354 e. The number of hydrogen-bond acceptors (Lipinski definition) is 4. The highest BCUT2D eigenvalue weighted by Gasteiger charge is 2.25. The molecular formula is C19H40N4O2. The number of hydrogen-bond donors (Lipinski definition) is 4. The maximum absolute atomic E-state index is 12.1. The van der Waals surface area contributed by atoms with E-state index in [0.29, 0.717) is 32.6 Å². The summed E-state index contributed by atoms with van der Waals surface area (Å²) in [5, 5.41) is 5.44. The first kappa shape index (κ1) is 23.9. The van der Waals surface area contributed by atoms with Gasteiger partial charge in [0.25, 0.3) is 0 Å². The Kier molecular flexibility index (Phi) is 16.9. The predicted molar refractivity (Wildman–Crippen MR) is 104 cm³/mol. The van der Waals surface area contributed by atoms with Gasteiger partial charge in [-0.1, -0.05) is 71.1 Å². The summed E-state index contributed by atoms with van der Waals surface area (Å²) >= 11 is 0. The minimum atomic E-state index is -0.632. The van der Waals surface area contributed by atoms with Crippen LogP contribution in [-0.4, -0.2) is 38.0 Å². The quantitative estimate of drug-likeness (QED) is 0.236. The molecule has 0 heterocycles. The number of nitrogens with two attached hydrogens (primary N) is 2. The van der Waals surface area contributed by atoms with Crippen LogP contribution in [0, 0.1) is 5.92 Å². The molecule has 0 radical (unpaired) electrons. The Morgan fingerprint density at radius 3 is 1.52 bits per heavy atom. The van der Waals surface area contributed by atoms with Crippen LogP contribution in [0.4, 0.5) is 0 Å². The number of unbranched alkanes of at least 4 members (excludes halogenated alkanes) is 9. The molecule has 0 aromatic heterocycles. The van der Waals surface area contributed by atoms with Crippen molar-refractivity contribution in [1.29, 1.82) is 0 Å². The lowest BCUT2D eigenvalue weighted by Gasteiger charge is -2.16. The second kappa shape index (κ2) is 17.7. The molecule has 6 heteroatoms. The average Bonchev–Trinajstić information content (AvgIpc) is 2.62. The lowest BCUT2D eigenvalue weighted by Crippen LogP contribution is -2.43. The number of nitrogens with one attached hydrogen (secondary N) is 2. The molecule has 0 aliphatic rings. The van der Waals surface area contributed by atoms with Crippen molar-refractivity contribution in [3.63, 3.8) is 0 Å². The first-order valence-corrected chi connectivity index (χ1v) is 10.1. The first-order valence-electron chi connectivity index (χ1n) is 10.1. The van der Waals surface area contributed by atoms with Crippen molar-refractivity contribution in [2.24, 2.45) is 17.4 Å². The highest BCUT2D eigenvalue weighted by atomic mass is 16.2. The van der Waals surface area contributed by atoms with E-state index < -0.39 is 5.92 Å². The summed E-state index contributed by atoms with van der Waals surface area (Å²) < 4.78 is 0. The lowest BCUT2D eigenvalue weighted by atomic mass is 9.98. The molecular weight excluding hydrogens is 316 g/mol. The van der Waals surface area contributed by atoms with Gasteiger partial charge in [0.1, 0.15) is 5.92 Å². The molecule has 0 unspecified atom stereocenters. The van der Waals surface area contributed by atoms with Crippen LogP contribution in [0.3, 0.4) is 0 Å². The molecule has 0 bridgehead atoms. The molecule has 6 N–H and O–H groups in total. The topological polar surface area (TPSA) is 110 Å². The summed E-state index contributed by atoms with van der Waals surface area (Å²) in [7, 11) is 0. The van der Waals surface area contributed by atoms with Crippen molar-refractivity contribution in [3.05, 3.63) is 0 Å². The fraction of sp³-hybridized carbons (Fsp3) is 0.895. The van der Waals surface area contributed by atoms with Crippen LogP contribution in [0.15, 0.2) is 0 Å². The summed E-state index contributed by atoms with van der Waals surface area (Å²) in [6, 6.07) is 0. The van der Waals surface area contributed by atoms with Crippen molar-refractivity contribution >= 4 is 11.8 Å². The molecule has 0 saturated heterocycles. The van der Waals surface area contributed by atoms with Gasteiger partial charge in [-0.3, -0.25) is 9.59 Å². The van der Waals surface area contributed by atoms with Crippen LogP contribution in [-0.2, 0) is 9.59 Å².